The number of ether oxygens (including phenoxy) is 1. The Morgan fingerprint density at radius 2 is 1.96 bits per heavy atom. The maximum Gasteiger partial charge on any atom is 0.221 e. The van der Waals surface area contributed by atoms with Gasteiger partial charge in [-0.15, -0.1) is 0 Å². The first-order valence-corrected chi connectivity index (χ1v) is 9.58. The number of methoxy groups -OCH3 is 1. The number of halogens is 2. The lowest BCUT2D eigenvalue weighted by Gasteiger charge is -2.19. The highest BCUT2D eigenvalue weighted by Gasteiger charge is 2.21. The zero-order valence-electron chi connectivity index (χ0n) is 15.7. The van der Waals surface area contributed by atoms with E-state index in [2.05, 4.69) is 10.3 Å². The zero-order chi connectivity index (χ0) is 20.1. The van der Waals surface area contributed by atoms with E-state index in [0.29, 0.717) is 22.9 Å². The van der Waals surface area contributed by atoms with Crippen molar-refractivity contribution >= 4 is 29.1 Å². The second kappa shape index (κ2) is 9.13. The minimum atomic E-state index is -0.362. The fourth-order valence-electron chi connectivity index (χ4n) is 2.95. The summed E-state index contributed by atoms with van der Waals surface area (Å²) in [5.74, 6) is 1.42. The van der Waals surface area contributed by atoms with E-state index in [9.17, 15) is 4.79 Å². The summed E-state index contributed by atoms with van der Waals surface area (Å²) in [5.41, 5.74) is 1.81. The van der Waals surface area contributed by atoms with Crippen LogP contribution in [-0.4, -0.2) is 22.6 Å². The lowest BCUT2D eigenvalue weighted by atomic mass is 10.0. The smallest absolute Gasteiger partial charge is 0.221 e. The van der Waals surface area contributed by atoms with Gasteiger partial charge in [0, 0.05) is 35.9 Å². The van der Waals surface area contributed by atoms with Crippen LogP contribution >= 0.6 is 23.2 Å². The Morgan fingerprint density at radius 1 is 1.21 bits per heavy atom. The Hall–Kier alpha value is -2.50. The van der Waals surface area contributed by atoms with Gasteiger partial charge < -0.3 is 14.6 Å². The van der Waals surface area contributed by atoms with Gasteiger partial charge in [-0.2, -0.15) is 0 Å². The quantitative estimate of drug-likeness (QED) is 0.612. The van der Waals surface area contributed by atoms with Gasteiger partial charge in [-0.05, 0) is 41.8 Å². The van der Waals surface area contributed by atoms with Crippen molar-refractivity contribution in [3.05, 3.63) is 81.9 Å². The number of rotatable bonds is 7. The molecule has 3 rings (SSSR count). The fourth-order valence-corrected chi connectivity index (χ4v) is 3.46. The van der Waals surface area contributed by atoms with E-state index in [4.69, 9.17) is 27.9 Å². The molecular formula is C21H21Cl2N3O2. The number of carbonyl (C=O) groups is 1. The van der Waals surface area contributed by atoms with Gasteiger partial charge in [0.15, 0.2) is 0 Å². The van der Waals surface area contributed by atoms with E-state index in [1.54, 1.807) is 25.4 Å². The summed E-state index contributed by atoms with van der Waals surface area (Å²) in [6.45, 7) is 0. The predicted octanol–water partition coefficient (Wildman–Crippen LogP) is 4.57. The number of aromatic nitrogens is 2. The highest BCUT2D eigenvalue weighted by Crippen LogP contribution is 2.24. The van der Waals surface area contributed by atoms with Crippen LogP contribution in [0.15, 0.2) is 54.9 Å². The van der Waals surface area contributed by atoms with E-state index >= 15 is 0 Å². The first kappa shape index (κ1) is 20.2. The van der Waals surface area contributed by atoms with Crippen molar-refractivity contribution in [2.75, 3.05) is 7.11 Å². The lowest BCUT2D eigenvalue weighted by Crippen LogP contribution is -2.31. The average Bonchev–Trinajstić information content (AvgIpc) is 3.11. The number of aryl methyl sites for hydroxylation is 2. The molecule has 7 heteroatoms. The molecule has 28 heavy (non-hydrogen) atoms. The number of amides is 1. The van der Waals surface area contributed by atoms with Gasteiger partial charge in [0.1, 0.15) is 17.6 Å². The van der Waals surface area contributed by atoms with Crippen molar-refractivity contribution in [2.24, 2.45) is 7.05 Å². The second-order valence-electron chi connectivity index (χ2n) is 6.41. The second-order valence-corrected chi connectivity index (χ2v) is 7.25. The maximum absolute atomic E-state index is 12.7. The van der Waals surface area contributed by atoms with Gasteiger partial charge in [0.2, 0.25) is 5.91 Å². The van der Waals surface area contributed by atoms with Crippen molar-refractivity contribution in [3.8, 4) is 5.75 Å². The van der Waals surface area contributed by atoms with Crippen molar-refractivity contribution in [3.63, 3.8) is 0 Å². The molecule has 2 aromatic carbocycles. The van der Waals surface area contributed by atoms with Crippen LogP contribution in [0.1, 0.15) is 29.4 Å². The molecule has 0 radical (unpaired) electrons. The summed E-state index contributed by atoms with van der Waals surface area (Å²) in [7, 11) is 3.52. The molecule has 0 fully saturated rings. The van der Waals surface area contributed by atoms with Crippen molar-refractivity contribution in [2.45, 2.75) is 18.9 Å². The number of nitrogens with one attached hydrogen (secondary N) is 1. The normalized spacial score (nSPS) is 11.9. The Kier molecular flexibility index (Phi) is 6.60. The van der Waals surface area contributed by atoms with Crippen LogP contribution in [0.5, 0.6) is 5.75 Å². The van der Waals surface area contributed by atoms with Crippen LogP contribution in [0.4, 0.5) is 0 Å². The Bertz CT molecular complexity index is 955. The summed E-state index contributed by atoms with van der Waals surface area (Å²) in [4.78, 5) is 17.1. The molecule has 1 unspecified atom stereocenters. The monoisotopic (exact) mass is 417 g/mol. The zero-order valence-corrected chi connectivity index (χ0v) is 17.2. The number of carbonyl (C=O) groups excluding carboxylic acids is 1. The Balaban J connectivity index is 1.75. The summed E-state index contributed by atoms with van der Waals surface area (Å²) in [6.07, 6.45) is 4.40. The van der Waals surface area contributed by atoms with Crippen LogP contribution in [0, 0.1) is 0 Å². The maximum atomic E-state index is 12.7. The molecule has 1 aromatic heterocycles. The molecular weight excluding hydrogens is 397 g/mol. The SMILES string of the molecule is COc1ccc(C(NC(=O)CCc2ccc(Cl)cc2Cl)c2nccn2C)cc1. The molecule has 0 spiro atoms. The molecule has 0 bridgehead atoms. The minimum absolute atomic E-state index is 0.0881. The van der Waals surface area contributed by atoms with Crippen LogP contribution in [-0.2, 0) is 18.3 Å². The van der Waals surface area contributed by atoms with E-state index in [1.807, 2.05) is 48.1 Å². The topological polar surface area (TPSA) is 56.1 Å². The molecule has 0 saturated heterocycles. The molecule has 0 aliphatic carbocycles. The standard InChI is InChI=1S/C21H21Cl2N3O2/c1-26-12-11-24-21(26)20(15-4-8-17(28-2)9-5-15)25-19(27)10-6-14-3-7-16(22)13-18(14)23/h3-5,7-9,11-13,20H,6,10H2,1-2H3,(H,25,27). The van der Waals surface area contributed by atoms with Gasteiger partial charge in [-0.1, -0.05) is 41.4 Å². The van der Waals surface area contributed by atoms with Gasteiger partial charge >= 0.3 is 0 Å². The number of hydrogen-bond donors (Lipinski definition) is 1. The molecule has 146 valence electrons. The Labute approximate surface area is 174 Å². The van der Waals surface area contributed by atoms with Gasteiger partial charge in [0.25, 0.3) is 0 Å². The minimum Gasteiger partial charge on any atom is -0.497 e. The summed E-state index contributed by atoms with van der Waals surface area (Å²) >= 11 is 12.1. The summed E-state index contributed by atoms with van der Waals surface area (Å²) < 4.78 is 7.12. The number of imidazole rings is 1. The third kappa shape index (κ3) is 4.86. The van der Waals surface area contributed by atoms with E-state index in [1.165, 1.54) is 0 Å². The van der Waals surface area contributed by atoms with Gasteiger partial charge in [-0.25, -0.2) is 4.98 Å². The van der Waals surface area contributed by atoms with E-state index in [0.717, 1.165) is 22.7 Å². The van der Waals surface area contributed by atoms with Crippen molar-refractivity contribution in [1.82, 2.24) is 14.9 Å². The molecule has 0 aliphatic heterocycles. The van der Waals surface area contributed by atoms with Crippen LogP contribution in [0.3, 0.4) is 0 Å². The van der Waals surface area contributed by atoms with E-state index < -0.39 is 0 Å². The highest BCUT2D eigenvalue weighted by atomic mass is 35.5. The molecule has 3 aromatic rings. The summed E-state index contributed by atoms with van der Waals surface area (Å²) in [6, 6.07) is 12.5. The number of hydrogen-bond acceptors (Lipinski definition) is 3. The average molecular weight is 418 g/mol. The predicted molar refractivity (Wildman–Crippen MR) is 111 cm³/mol. The van der Waals surface area contributed by atoms with E-state index in [-0.39, 0.29) is 11.9 Å². The Morgan fingerprint density at radius 3 is 2.57 bits per heavy atom. The summed E-state index contributed by atoms with van der Waals surface area (Å²) in [5, 5.41) is 4.23. The highest BCUT2D eigenvalue weighted by molar-refractivity contribution is 6.35. The molecule has 0 saturated carbocycles. The number of nitrogens with zero attached hydrogens (tertiary/aromatic N) is 2. The van der Waals surface area contributed by atoms with Crippen LogP contribution < -0.4 is 10.1 Å². The number of benzene rings is 2. The molecule has 1 atom stereocenters. The third-order valence-corrected chi connectivity index (χ3v) is 5.09. The van der Waals surface area contributed by atoms with Gasteiger partial charge in [-0.3, -0.25) is 4.79 Å². The third-order valence-electron chi connectivity index (χ3n) is 4.51. The lowest BCUT2D eigenvalue weighted by molar-refractivity contribution is -0.121. The first-order valence-electron chi connectivity index (χ1n) is 8.82. The van der Waals surface area contributed by atoms with Crippen LogP contribution in [0.25, 0.3) is 0 Å². The van der Waals surface area contributed by atoms with Gasteiger partial charge in [0.05, 0.1) is 7.11 Å². The molecule has 5 nitrogen and oxygen atoms in total. The van der Waals surface area contributed by atoms with Crippen molar-refractivity contribution in [1.29, 1.82) is 0 Å². The molecule has 1 N–H and O–H groups in total. The molecule has 1 amide bonds. The molecule has 0 aliphatic rings. The fraction of sp³-hybridized carbons (Fsp3) is 0.238. The largest absolute Gasteiger partial charge is 0.497 e. The van der Waals surface area contributed by atoms with Crippen molar-refractivity contribution < 1.29 is 9.53 Å². The molecule has 1 heterocycles. The first-order chi connectivity index (χ1) is 13.5. The van der Waals surface area contributed by atoms with Crippen LogP contribution in [0.2, 0.25) is 10.0 Å².